The first-order valence-electron chi connectivity index (χ1n) is 11.5. The molecule has 196 valence electrons. The number of thiazole rings is 1. The number of amides is 1. The van der Waals surface area contributed by atoms with Crippen LogP contribution in [0.3, 0.4) is 0 Å². The molecule has 11 heteroatoms. The van der Waals surface area contributed by atoms with Crippen molar-refractivity contribution in [3.05, 3.63) is 103 Å². The van der Waals surface area contributed by atoms with Crippen molar-refractivity contribution in [2.75, 3.05) is 11.9 Å². The summed E-state index contributed by atoms with van der Waals surface area (Å²) in [6.45, 7) is -0.582. The van der Waals surface area contributed by atoms with Gasteiger partial charge in [0.25, 0.3) is 11.5 Å². The maximum absolute atomic E-state index is 13.3. The molecule has 3 aromatic carbocycles. The predicted molar refractivity (Wildman–Crippen MR) is 156 cm³/mol. The molecule has 39 heavy (non-hydrogen) atoms. The molecule has 5 aromatic rings. The van der Waals surface area contributed by atoms with Crippen LogP contribution in [0.2, 0.25) is 15.1 Å². The van der Waals surface area contributed by atoms with Crippen LogP contribution in [0.15, 0.2) is 76.9 Å². The normalized spacial score (nSPS) is 11.0. The Labute approximate surface area is 241 Å². The van der Waals surface area contributed by atoms with Crippen molar-refractivity contribution in [3.63, 3.8) is 0 Å². The third-order valence-corrected chi connectivity index (χ3v) is 7.68. The summed E-state index contributed by atoms with van der Waals surface area (Å²) in [7, 11) is 1.49. The summed E-state index contributed by atoms with van der Waals surface area (Å²) in [5, 5.41) is 7.06. The molecule has 0 saturated carbocycles. The molecule has 1 N–H and O–H groups in total. The molecule has 0 spiro atoms. The van der Waals surface area contributed by atoms with Gasteiger partial charge in [-0.2, -0.15) is 0 Å². The first-order chi connectivity index (χ1) is 18.7. The number of carbonyl (C=O) groups is 2. The number of aromatic nitrogens is 2. The molecule has 0 aliphatic heterocycles. The van der Waals surface area contributed by atoms with E-state index in [1.807, 2.05) is 0 Å². The smallest absolute Gasteiger partial charge is 0.356 e. The molecular formula is C28H18Cl3N3O4S. The molecule has 0 aliphatic rings. The predicted octanol–water partition coefficient (Wildman–Crippen LogP) is 7.08. The van der Waals surface area contributed by atoms with Gasteiger partial charge < -0.3 is 9.30 Å². The molecule has 0 unspecified atom stereocenters. The second kappa shape index (κ2) is 11.2. The number of benzene rings is 3. The van der Waals surface area contributed by atoms with Crippen molar-refractivity contribution in [3.8, 4) is 22.4 Å². The van der Waals surface area contributed by atoms with E-state index in [1.54, 1.807) is 72.1 Å². The van der Waals surface area contributed by atoms with Gasteiger partial charge in [-0.05, 0) is 41.3 Å². The second-order valence-corrected chi connectivity index (χ2v) is 10.5. The van der Waals surface area contributed by atoms with Gasteiger partial charge in [0.05, 0.1) is 15.7 Å². The number of hydrogen-bond acceptors (Lipinski definition) is 6. The van der Waals surface area contributed by atoms with Gasteiger partial charge in [0.15, 0.2) is 11.7 Å². The Bertz CT molecular complexity index is 1800. The van der Waals surface area contributed by atoms with Gasteiger partial charge >= 0.3 is 5.97 Å². The van der Waals surface area contributed by atoms with E-state index in [4.69, 9.17) is 39.5 Å². The van der Waals surface area contributed by atoms with Crippen LogP contribution in [0.5, 0.6) is 0 Å². The van der Waals surface area contributed by atoms with Crippen molar-refractivity contribution in [2.24, 2.45) is 7.05 Å². The quantitative estimate of drug-likeness (QED) is 0.211. The number of ether oxygens (including phenoxy) is 1. The molecule has 0 fully saturated rings. The summed E-state index contributed by atoms with van der Waals surface area (Å²) in [6, 6.07) is 19.0. The lowest BCUT2D eigenvalue weighted by atomic mass is 9.97. The monoisotopic (exact) mass is 597 g/mol. The summed E-state index contributed by atoms with van der Waals surface area (Å²) in [5.41, 5.74) is 2.16. The topological polar surface area (TPSA) is 90.3 Å². The first-order valence-corrected chi connectivity index (χ1v) is 13.5. The lowest BCUT2D eigenvalue weighted by Gasteiger charge is -2.16. The fourth-order valence-corrected chi connectivity index (χ4v) is 5.25. The summed E-state index contributed by atoms with van der Waals surface area (Å²) in [4.78, 5) is 43.4. The number of pyridine rings is 1. The van der Waals surface area contributed by atoms with Gasteiger partial charge in [0.1, 0.15) is 5.69 Å². The Kier molecular flexibility index (Phi) is 7.72. The lowest BCUT2D eigenvalue weighted by molar-refractivity contribution is -0.119. The van der Waals surface area contributed by atoms with Crippen molar-refractivity contribution in [2.45, 2.75) is 0 Å². The van der Waals surface area contributed by atoms with E-state index < -0.39 is 18.5 Å². The zero-order valence-electron chi connectivity index (χ0n) is 20.2. The molecule has 5 rings (SSSR count). The van der Waals surface area contributed by atoms with Gasteiger partial charge in [0.2, 0.25) is 0 Å². The van der Waals surface area contributed by atoms with Crippen LogP contribution >= 0.6 is 46.1 Å². The first kappa shape index (κ1) is 26.9. The number of fused-ring (bicyclic) bond motifs is 1. The Hall–Kier alpha value is -3.69. The van der Waals surface area contributed by atoms with E-state index >= 15 is 0 Å². The van der Waals surface area contributed by atoms with E-state index in [1.165, 1.54) is 23.0 Å². The molecule has 0 atom stereocenters. The number of rotatable bonds is 6. The maximum atomic E-state index is 13.3. The summed E-state index contributed by atoms with van der Waals surface area (Å²) >= 11 is 19.3. The van der Waals surface area contributed by atoms with E-state index in [0.29, 0.717) is 47.8 Å². The standard InChI is InChI=1S/C28H18Cl3N3O4S/c1-34-25(24(15-6-9-17(29)10-7-15)18-4-2-3-5-19(18)26(34)36)27(37)38-13-23(35)33-28-32-22(14-39-28)16-8-11-20(30)21(31)12-16/h2-12,14H,13H2,1H3,(H,32,33,35). The Morgan fingerprint density at radius 1 is 0.949 bits per heavy atom. The zero-order chi connectivity index (χ0) is 27.7. The highest BCUT2D eigenvalue weighted by molar-refractivity contribution is 7.14. The molecular weight excluding hydrogens is 581 g/mol. The lowest BCUT2D eigenvalue weighted by Crippen LogP contribution is -2.28. The Balaban J connectivity index is 1.38. The van der Waals surface area contributed by atoms with Gasteiger partial charge in [-0.15, -0.1) is 11.3 Å². The number of carbonyl (C=O) groups excluding carboxylic acids is 2. The minimum absolute atomic E-state index is 0.0185. The minimum atomic E-state index is -0.823. The highest BCUT2D eigenvalue weighted by Crippen LogP contribution is 2.32. The van der Waals surface area contributed by atoms with Gasteiger partial charge in [-0.3, -0.25) is 14.9 Å². The SMILES string of the molecule is Cn1c(C(=O)OCC(=O)Nc2nc(-c3ccc(Cl)c(Cl)c3)cs2)c(-c2ccc(Cl)cc2)c2ccccc2c1=O. The molecule has 0 bridgehead atoms. The molecule has 1 amide bonds. The van der Waals surface area contributed by atoms with Gasteiger partial charge in [-0.25, -0.2) is 9.78 Å². The number of nitrogens with zero attached hydrogens (tertiary/aromatic N) is 2. The number of hydrogen-bond donors (Lipinski definition) is 1. The third kappa shape index (κ3) is 5.55. The van der Waals surface area contributed by atoms with Crippen molar-refractivity contribution < 1.29 is 14.3 Å². The van der Waals surface area contributed by atoms with E-state index in [-0.39, 0.29) is 11.3 Å². The van der Waals surface area contributed by atoms with Crippen LogP contribution in [0.25, 0.3) is 33.2 Å². The molecule has 0 aliphatic carbocycles. The molecule has 7 nitrogen and oxygen atoms in total. The second-order valence-electron chi connectivity index (χ2n) is 8.43. The van der Waals surface area contributed by atoms with Gasteiger partial charge in [-0.1, -0.05) is 71.2 Å². The van der Waals surface area contributed by atoms with Crippen LogP contribution in [-0.2, 0) is 16.6 Å². The largest absolute Gasteiger partial charge is 0.451 e. The summed E-state index contributed by atoms with van der Waals surface area (Å²) in [6.07, 6.45) is 0. The van der Waals surface area contributed by atoms with E-state index in [2.05, 4.69) is 10.3 Å². The average molecular weight is 599 g/mol. The van der Waals surface area contributed by atoms with Crippen molar-refractivity contribution >= 4 is 73.9 Å². The zero-order valence-corrected chi connectivity index (χ0v) is 23.3. The number of anilines is 1. The Morgan fingerprint density at radius 2 is 1.64 bits per heavy atom. The third-order valence-electron chi connectivity index (χ3n) is 5.93. The minimum Gasteiger partial charge on any atom is -0.451 e. The van der Waals surface area contributed by atoms with Crippen LogP contribution in [0.1, 0.15) is 10.5 Å². The van der Waals surface area contributed by atoms with E-state index in [9.17, 15) is 14.4 Å². The molecule has 0 saturated heterocycles. The van der Waals surface area contributed by atoms with Crippen LogP contribution < -0.4 is 10.9 Å². The van der Waals surface area contributed by atoms with Crippen molar-refractivity contribution in [1.29, 1.82) is 0 Å². The highest BCUT2D eigenvalue weighted by atomic mass is 35.5. The number of esters is 1. The highest BCUT2D eigenvalue weighted by Gasteiger charge is 2.24. The maximum Gasteiger partial charge on any atom is 0.356 e. The average Bonchev–Trinajstić information content (AvgIpc) is 3.39. The fourth-order valence-electron chi connectivity index (χ4n) is 4.09. The Morgan fingerprint density at radius 3 is 2.36 bits per heavy atom. The van der Waals surface area contributed by atoms with Crippen molar-refractivity contribution in [1.82, 2.24) is 9.55 Å². The molecule has 0 radical (unpaired) electrons. The molecule has 2 heterocycles. The molecule has 2 aromatic heterocycles. The van der Waals surface area contributed by atoms with Gasteiger partial charge in [0, 0.05) is 34.0 Å². The van der Waals surface area contributed by atoms with Crippen LogP contribution in [0, 0.1) is 0 Å². The van der Waals surface area contributed by atoms with Crippen LogP contribution in [-0.4, -0.2) is 28.0 Å². The number of halogens is 3. The van der Waals surface area contributed by atoms with Crippen LogP contribution in [0.4, 0.5) is 5.13 Å². The number of nitrogens with one attached hydrogen (secondary N) is 1. The summed E-state index contributed by atoms with van der Waals surface area (Å²) < 4.78 is 6.59. The van der Waals surface area contributed by atoms with E-state index in [0.717, 1.165) is 5.56 Å². The fraction of sp³-hybridized carbons (Fsp3) is 0.0714. The summed E-state index contributed by atoms with van der Waals surface area (Å²) in [5.74, 6) is -1.41.